The van der Waals surface area contributed by atoms with E-state index in [0.29, 0.717) is 18.3 Å². The first kappa shape index (κ1) is 17.6. The lowest BCUT2D eigenvalue weighted by Crippen LogP contribution is -2.38. The maximum absolute atomic E-state index is 12.4. The van der Waals surface area contributed by atoms with Crippen molar-refractivity contribution >= 4 is 23.2 Å². The molecule has 3 aromatic rings. The molecule has 0 aliphatic carbocycles. The lowest BCUT2D eigenvalue weighted by atomic mass is 10.2. The quantitative estimate of drug-likeness (QED) is 0.741. The van der Waals surface area contributed by atoms with Gasteiger partial charge in [0.15, 0.2) is 5.82 Å². The second kappa shape index (κ2) is 7.07. The lowest BCUT2D eigenvalue weighted by molar-refractivity contribution is 0.0927. The minimum atomic E-state index is -0.153. The maximum atomic E-state index is 12.4. The molecule has 27 heavy (non-hydrogen) atoms. The van der Waals surface area contributed by atoms with Crippen LogP contribution in [0.2, 0.25) is 0 Å². The number of imidazole rings is 1. The molecule has 1 N–H and O–H groups in total. The van der Waals surface area contributed by atoms with Gasteiger partial charge < -0.3 is 14.8 Å². The highest BCUT2D eigenvalue weighted by atomic mass is 32.1. The molecule has 140 valence electrons. The van der Waals surface area contributed by atoms with Crippen LogP contribution in [0.25, 0.3) is 10.6 Å². The first-order chi connectivity index (χ1) is 13.0. The van der Waals surface area contributed by atoms with E-state index in [9.17, 15) is 4.79 Å². The van der Waals surface area contributed by atoms with Crippen molar-refractivity contribution in [2.45, 2.75) is 26.3 Å². The number of hydrogen-bond donors (Lipinski definition) is 1. The van der Waals surface area contributed by atoms with Crippen molar-refractivity contribution in [3.8, 4) is 10.6 Å². The van der Waals surface area contributed by atoms with Crippen LogP contribution in [0.15, 0.2) is 24.7 Å². The molecule has 1 aliphatic heterocycles. The van der Waals surface area contributed by atoms with Gasteiger partial charge >= 0.3 is 0 Å². The summed E-state index contributed by atoms with van der Waals surface area (Å²) in [7, 11) is 1.81. The Labute approximate surface area is 161 Å². The Kier molecular flexibility index (Phi) is 4.61. The van der Waals surface area contributed by atoms with Gasteiger partial charge in [-0.05, 0) is 26.3 Å². The van der Waals surface area contributed by atoms with Crippen LogP contribution < -0.4 is 10.2 Å². The minimum absolute atomic E-state index is 0.0499. The zero-order chi connectivity index (χ0) is 19.0. The number of carbonyl (C=O) groups is 1. The molecule has 1 aliphatic rings. The summed E-state index contributed by atoms with van der Waals surface area (Å²) in [6.45, 7) is 5.48. The summed E-state index contributed by atoms with van der Waals surface area (Å²) in [5, 5.41) is 4.08. The van der Waals surface area contributed by atoms with Crippen LogP contribution in [0.3, 0.4) is 0 Å². The molecule has 9 heteroatoms. The molecular weight excluding hydrogens is 362 g/mol. The second-order valence-electron chi connectivity index (χ2n) is 6.66. The third kappa shape index (κ3) is 3.55. The van der Waals surface area contributed by atoms with Crippen LogP contribution in [0.4, 0.5) is 5.95 Å². The number of nitrogens with zero attached hydrogens (tertiary/aromatic N) is 6. The first-order valence-corrected chi connectivity index (χ1v) is 9.63. The summed E-state index contributed by atoms with van der Waals surface area (Å²) in [6.07, 6.45) is 6.02. The molecule has 0 saturated carbocycles. The van der Waals surface area contributed by atoms with Gasteiger partial charge in [-0.2, -0.15) is 0 Å². The van der Waals surface area contributed by atoms with Gasteiger partial charge in [0.1, 0.15) is 0 Å². The Morgan fingerprint density at radius 1 is 1.26 bits per heavy atom. The third-order valence-electron chi connectivity index (χ3n) is 4.61. The summed E-state index contributed by atoms with van der Waals surface area (Å²) < 4.78 is 1.72. The highest BCUT2D eigenvalue weighted by Crippen LogP contribution is 2.29. The Bertz CT molecular complexity index is 980. The van der Waals surface area contributed by atoms with Crippen molar-refractivity contribution in [3.63, 3.8) is 0 Å². The van der Waals surface area contributed by atoms with E-state index in [0.717, 1.165) is 34.2 Å². The molecule has 1 atom stereocenters. The first-order valence-electron chi connectivity index (χ1n) is 8.82. The topological polar surface area (TPSA) is 88.8 Å². The van der Waals surface area contributed by atoms with Gasteiger partial charge in [0, 0.05) is 44.8 Å². The van der Waals surface area contributed by atoms with Crippen molar-refractivity contribution in [2.24, 2.45) is 7.05 Å². The van der Waals surface area contributed by atoms with Gasteiger partial charge in [-0.1, -0.05) is 0 Å². The van der Waals surface area contributed by atoms with Gasteiger partial charge in [-0.3, -0.25) is 4.79 Å². The summed E-state index contributed by atoms with van der Waals surface area (Å²) in [5.41, 5.74) is 1.88. The fourth-order valence-electron chi connectivity index (χ4n) is 3.29. The van der Waals surface area contributed by atoms with E-state index < -0.39 is 0 Å². The fourth-order valence-corrected chi connectivity index (χ4v) is 4.18. The molecule has 3 aromatic heterocycles. The molecule has 0 spiro atoms. The average molecular weight is 383 g/mol. The molecule has 1 unspecified atom stereocenters. The molecule has 1 amide bonds. The van der Waals surface area contributed by atoms with Crippen molar-refractivity contribution in [1.29, 1.82) is 0 Å². The predicted molar refractivity (Wildman–Crippen MR) is 104 cm³/mol. The Hall–Kier alpha value is -2.81. The number of thiazole rings is 1. The number of anilines is 1. The maximum Gasteiger partial charge on any atom is 0.287 e. The SMILES string of the molecule is Cc1nc(C)c(-c2ccnc(N3CCC(NC(=O)c4nccn4C)C3)n2)s1. The standard InChI is InChI=1S/C18H21N7OS/c1-11-15(27-12(2)21-11)14-4-6-20-18(23-14)25-8-5-13(10-25)22-17(26)16-19-7-9-24(16)3/h4,6-7,9,13H,5,8,10H2,1-3H3,(H,22,26). The summed E-state index contributed by atoms with van der Waals surface area (Å²) in [5.74, 6) is 0.953. The third-order valence-corrected chi connectivity index (χ3v) is 5.70. The molecule has 1 saturated heterocycles. The average Bonchev–Trinajstić information content (AvgIpc) is 3.35. The zero-order valence-corrected chi connectivity index (χ0v) is 16.3. The van der Waals surface area contributed by atoms with Gasteiger partial charge in [0.25, 0.3) is 5.91 Å². The zero-order valence-electron chi connectivity index (χ0n) is 15.5. The van der Waals surface area contributed by atoms with E-state index in [4.69, 9.17) is 4.98 Å². The Balaban J connectivity index is 1.46. The molecule has 0 bridgehead atoms. The molecule has 4 heterocycles. The Morgan fingerprint density at radius 3 is 2.81 bits per heavy atom. The smallest absolute Gasteiger partial charge is 0.287 e. The number of aryl methyl sites for hydroxylation is 3. The van der Waals surface area contributed by atoms with Crippen LogP contribution in [-0.2, 0) is 7.05 Å². The van der Waals surface area contributed by atoms with Crippen LogP contribution in [0, 0.1) is 13.8 Å². The number of nitrogens with one attached hydrogen (secondary N) is 1. The number of aromatic nitrogens is 5. The van der Waals surface area contributed by atoms with Crippen molar-refractivity contribution in [1.82, 2.24) is 29.8 Å². The van der Waals surface area contributed by atoms with E-state index in [1.807, 2.05) is 27.0 Å². The highest BCUT2D eigenvalue weighted by Gasteiger charge is 2.27. The highest BCUT2D eigenvalue weighted by molar-refractivity contribution is 7.15. The van der Waals surface area contributed by atoms with E-state index in [1.165, 1.54) is 0 Å². The van der Waals surface area contributed by atoms with E-state index >= 15 is 0 Å². The van der Waals surface area contributed by atoms with Crippen molar-refractivity contribution in [2.75, 3.05) is 18.0 Å². The van der Waals surface area contributed by atoms with E-state index in [1.54, 1.807) is 34.5 Å². The van der Waals surface area contributed by atoms with Crippen LogP contribution in [0.5, 0.6) is 0 Å². The normalized spacial score (nSPS) is 16.7. The molecule has 8 nitrogen and oxygen atoms in total. The van der Waals surface area contributed by atoms with E-state index in [-0.39, 0.29) is 11.9 Å². The summed E-state index contributed by atoms with van der Waals surface area (Å²) in [6, 6.07) is 1.97. The van der Waals surface area contributed by atoms with Gasteiger partial charge in [0.05, 0.1) is 21.3 Å². The van der Waals surface area contributed by atoms with Crippen molar-refractivity contribution < 1.29 is 4.79 Å². The fraction of sp³-hybridized carbons (Fsp3) is 0.389. The molecule has 0 aromatic carbocycles. The predicted octanol–water partition coefficient (Wildman–Crippen LogP) is 1.96. The number of amides is 1. The number of hydrogen-bond acceptors (Lipinski definition) is 7. The van der Waals surface area contributed by atoms with Gasteiger partial charge in [-0.25, -0.2) is 19.9 Å². The molecule has 0 radical (unpaired) electrons. The lowest BCUT2D eigenvalue weighted by Gasteiger charge is -2.17. The van der Waals surface area contributed by atoms with Crippen LogP contribution in [-0.4, -0.2) is 49.5 Å². The van der Waals surface area contributed by atoms with Crippen LogP contribution >= 0.6 is 11.3 Å². The molecule has 1 fully saturated rings. The van der Waals surface area contributed by atoms with Gasteiger partial charge in [-0.15, -0.1) is 11.3 Å². The van der Waals surface area contributed by atoms with Crippen LogP contribution in [0.1, 0.15) is 27.7 Å². The molecular formula is C18H21N7OS. The summed E-state index contributed by atoms with van der Waals surface area (Å²) in [4.78, 5) is 33.3. The van der Waals surface area contributed by atoms with Gasteiger partial charge in [0.2, 0.25) is 5.95 Å². The number of carbonyl (C=O) groups excluding carboxylic acids is 1. The summed E-state index contributed by atoms with van der Waals surface area (Å²) >= 11 is 1.64. The second-order valence-corrected chi connectivity index (χ2v) is 7.86. The molecule has 4 rings (SSSR count). The van der Waals surface area contributed by atoms with Crippen molar-refractivity contribution in [3.05, 3.63) is 41.2 Å². The Morgan fingerprint density at radius 2 is 2.11 bits per heavy atom. The largest absolute Gasteiger partial charge is 0.345 e. The minimum Gasteiger partial charge on any atom is -0.345 e. The van der Waals surface area contributed by atoms with E-state index in [2.05, 4.69) is 25.2 Å². The monoisotopic (exact) mass is 383 g/mol. The number of rotatable bonds is 4.